The van der Waals surface area contributed by atoms with Gasteiger partial charge in [0.25, 0.3) is 5.91 Å². The van der Waals surface area contributed by atoms with Crippen molar-refractivity contribution in [3.05, 3.63) is 59.7 Å². The molecule has 1 amide bonds. The van der Waals surface area contributed by atoms with Crippen LogP contribution in [0.25, 0.3) is 0 Å². The molecule has 0 atom stereocenters. The maximum Gasteiger partial charge on any atom is 0.325 e. The van der Waals surface area contributed by atoms with Crippen molar-refractivity contribution >= 4 is 17.8 Å². The average molecular weight is 340 g/mol. The first-order chi connectivity index (χ1) is 12.0. The number of nitrogens with zero attached hydrogens (tertiary/aromatic N) is 5. The molecule has 0 aliphatic rings. The van der Waals surface area contributed by atoms with Gasteiger partial charge in [-0.15, -0.1) is 5.10 Å². The Balaban J connectivity index is 1.63. The van der Waals surface area contributed by atoms with Crippen molar-refractivity contribution in [3.63, 3.8) is 0 Å². The van der Waals surface area contributed by atoms with E-state index in [9.17, 15) is 9.59 Å². The van der Waals surface area contributed by atoms with E-state index >= 15 is 0 Å². The highest BCUT2D eigenvalue weighted by Crippen LogP contribution is 2.08. The minimum atomic E-state index is -1.04. The van der Waals surface area contributed by atoms with Gasteiger partial charge in [-0.3, -0.25) is 19.6 Å². The average Bonchev–Trinajstić information content (AvgIpc) is 3.16. The summed E-state index contributed by atoms with van der Waals surface area (Å²) in [6, 6.07) is 8.03. The molecular weight excluding hydrogens is 324 g/mol. The number of carboxylic acids is 1. The second-order valence-electron chi connectivity index (χ2n) is 5.53. The molecule has 2 heterocycles. The molecule has 0 spiro atoms. The Hall–Kier alpha value is -3.49. The molecule has 0 radical (unpaired) electrons. The first kappa shape index (κ1) is 16.4. The molecule has 0 saturated carbocycles. The summed E-state index contributed by atoms with van der Waals surface area (Å²) in [4.78, 5) is 26.8. The molecule has 2 N–H and O–H groups in total. The highest BCUT2D eigenvalue weighted by Gasteiger charge is 2.12. The van der Waals surface area contributed by atoms with Crippen LogP contribution in [0.4, 0.5) is 5.95 Å². The van der Waals surface area contributed by atoms with E-state index in [2.05, 4.69) is 26.6 Å². The Bertz CT molecular complexity index is 914. The minimum absolute atomic E-state index is 0.170. The summed E-state index contributed by atoms with van der Waals surface area (Å²) >= 11 is 0. The first-order valence-corrected chi connectivity index (χ1v) is 7.50. The van der Waals surface area contributed by atoms with Gasteiger partial charge in [-0.05, 0) is 12.5 Å². The fourth-order valence-corrected chi connectivity index (χ4v) is 2.31. The van der Waals surface area contributed by atoms with Gasteiger partial charge in [0.15, 0.2) is 0 Å². The first-order valence-electron chi connectivity index (χ1n) is 7.50. The number of carboxylic acid groups (broad SMARTS) is 1. The lowest BCUT2D eigenvalue weighted by Crippen LogP contribution is -2.13. The van der Waals surface area contributed by atoms with Gasteiger partial charge in [0.2, 0.25) is 5.95 Å². The lowest BCUT2D eigenvalue weighted by atomic mass is 10.1. The van der Waals surface area contributed by atoms with E-state index in [0.717, 1.165) is 11.1 Å². The Morgan fingerprint density at radius 2 is 2.12 bits per heavy atom. The standard InChI is InChI=1S/C16H16N6O3/c1-11-3-2-4-12(5-11)7-22-10-17-16(20-22)19-15(25)13-6-18-21(8-13)9-14(23)24/h2-6,8,10H,7,9H2,1H3,(H,23,24)(H,19,20,25). The van der Waals surface area contributed by atoms with Crippen molar-refractivity contribution in [3.8, 4) is 0 Å². The zero-order chi connectivity index (χ0) is 17.8. The third-order valence-electron chi connectivity index (χ3n) is 3.38. The number of nitrogens with one attached hydrogen (secondary N) is 1. The lowest BCUT2D eigenvalue weighted by molar-refractivity contribution is -0.137. The van der Waals surface area contributed by atoms with Crippen molar-refractivity contribution in [2.45, 2.75) is 20.0 Å². The predicted octanol–water partition coefficient (Wildman–Crippen LogP) is 1.17. The summed E-state index contributed by atoms with van der Waals surface area (Å²) in [6.07, 6.45) is 4.18. The number of hydrogen-bond donors (Lipinski definition) is 2. The number of carbonyl (C=O) groups excluding carboxylic acids is 1. The smallest absolute Gasteiger partial charge is 0.325 e. The normalized spacial score (nSPS) is 10.6. The number of amides is 1. The number of aromatic nitrogens is 5. The summed E-state index contributed by atoms with van der Waals surface area (Å²) in [5, 5.41) is 19.3. The van der Waals surface area contributed by atoms with Gasteiger partial charge in [-0.1, -0.05) is 29.8 Å². The van der Waals surface area contributed by atoms with Gasteiger partial charge >= 0.3 is 5.97 Å². The van der Waals surface area contributed by atoms with Crippen LogP contribution < -0.4 is 5.32 Å². The molecule has 3 aromatic rings. The maximum atomic E-state index is 12.1. The number of aliphatic carboxylic acids is 1. The number of anilines is 1. The zero-order valence-electron chi connectivity index (χ0n) is 13.5. The molecule has 0 aliphatic heterocycles. The van der Waals surface area contributed by atoms with Crippen molar-refractivity contribution in [1.29, 1.82) is 0 Å². The third-order valence-corrected chi connectivity index (χ3v) is 3.38. The minimum Gasteiger partial charge on any atom is -0.480 e. The van der Waals surface area contributed by atoms with Crippen LogP contribution in [0.3, 0.4) is 0 Å². The number of carbonyl (C=O) groups is 2. The van der Waals surface area contributed by atoms with E-state index in [0.29, 0.717) is 6.54 Å². The SMILES string of the molecule is Cc1cccc(Cn2cnc(NC(=O)c3cnn(CC(=O)O)c3)n2)c1. The van der Waals surface area contributed by atoms with Crippen LogP contribution in [0, 0.1) is 6.92 Å². The van der Waals surface area contributed by atoms with Crippen LogP contribution in [-0.4, -0.2) is 41.5 Å². The molecular formula is C16H16N6O3. The van der Waals surface area contributed by atoms with Gasteiger partial charge in [0.05, 0.1) is 18.3 Å². The molecule has 0 saturated heterocycles. The lowest BCUT2D eigenvalue weighted by Gasteiger charge is -2.02. The monoisotopic (exact) mass is 340 g/mol. The van der Waals surface area contributed by atoms with E-state index in [1.165, 1.54) is 23.4 Å². The Labute approximate surface area is 142 Å². The second-order valence-corrected chi connectivity index (χ2v) is 5.53. The number of aryl methyl sites for hydroxylation is 1. The molecule has 9 heteroatoms. The molecule has 25 heavy (non-hydrogen) atoms. The largest absolute Gasteiger partial charge is 0.480 e. The van der Waals surface area contributed by atoms with Crippen molar-refractivity contribution in [1.82, 2.24) is 24.5 Å². The third kappa shape index (κ3) is 4.28. The van der Waals surface area contributed by atoms with Gasteiger partial charge in [-0.25, -0.2) is 9.67 Å². The second kappa shape index (κ2) is 6.95. The summed E-state index contributed by atoms with van der Waals surface area (Å²) in [7, 11) is 0. The van der Waals surface area contributed by atoms with Crippen LogP contribution >= 0.6 is 0 Å². The van der Waals surface area contributed by atoms with E-state index in [1.807, 2.05) is 25.1 Å². The number of hydrogen-bond acceptors (Lipinski definition) is 5. The molecule has 0 aliphatic carbocycles. The molecule has 3 rings (SSSR count). The van der Waals surface area contributed by atoms with E-state index in [1.54, 1.807) is 4.68 Å². The maximum absolute atomic E-state index is 12.1. The quantitative estimate of drug-likeness (QED) is 0.696. The van der Waals surface area contributed by atoms with Gasteiger partial charge in [0, 0.05) is 6.20 Å². The zero-order valence-corrected chi connectivity index (χ0v) is 13.5. The van der Waals surface area contributed by atoms with Gasteiger partial charge < -0.3 is 5.11 Å². The molecule has 0 fully saturated rings. The summed E-state index contributed by atoms with van der Waals surface area (Å²) in [6.45, 7) is 2.25. The van der Waals surface area contributed by atoms with Crippen molar-refractivity contribution in [2.75, 3.05) is 5.32 Å². The summed E-state index contributed by atoms with van der Waals surface area (Å²) < 4.78 is 2.79. The van der Waals surface area contributed by atoms with Gasteiger partial charge in [-0.2, -0.15) is 5.10 Å². The fourth-order valence-electron chi connectivity index (χ4n) is 2.31. The highest BCUT2D eigenvalue weighted by molar-refractivity contribution is 6.02. The molecule has 0 unspecified atom stereocenters. The van der Waals surface area contributed by atoms with Crippen molar-refractivity contribution in [2.24, 2.45) is 0 Å². The molecule has 0 bridgehead atoms. The fraction of sp³-hybridized carbons (Fsp3) is 0.188. The van der Waals surface area contributed by atoms with Crippen LogP contribution in [0.15, 0.2) is 43.0 Å². The predicted molar refractivity (Wildman–Crippen MR) is 88.1 cm³/mol. The van der Waals surface area contributed by atoms with Crippen LogP contribution in [0.1, 0.15) is 21.5 Å². The van der Waals surface area contributed by atoms with E-state index < -0.39 is 11.9 Å². The van der Waals surface area contributed by atoms with Crippen molar-refractivity contribution < 1.29 is 14.7 Å². The molecule has 2 aromatic heterocycles. The van der Waals surface area contributed by atoms with Crippen LogP contribution in [0.5, 0.6) is 0 Å². The van der Waals surface area contributed by atoms with Gasteiger partial charge in [0.1, 0.15) is 12.9 Å². The number of benzene rings is 1. The Kier molecular flexibility index (Phi) is 4.55. The summed E-state index contributed by atoms with van der Waals surface area (Å²) in [5.41, 5.74) is 2.47. The summed E-state index contributed by atoms with van der Waals surface area (Å²) in [5.74, 6) is -1.32. The Morgan fingerprint density at radius 1 is 1.28 bits per heavy atom. The molecule has 9 nitrogen and oxygen atoms in total. The Morgan fingerprint density at radius 3 is 2.88 bits per heavy atom. The molecule has 128 valence electrons. The number of rotatable bonds is 6. The highest BCUT2D eigenvalue weighted by atomic mass is 16.4. The van der Waals surface area contributed by atoms with Crippen LogP contribution in [0.2, 0.25) is 0 Å². The van der Waals surface area contributed by atoms with E-state index in [-0.39, 0.29) is 18.1 Å². The van der Waals surface area contributed by atoms with E-state index in [4.69, 9.17) is 5.11 Å². The molecule has 1 aromatic carbocycles. The topological polar surface area (TPSA) is 115 Å². The van der Waals surface area contributed by atoms with Crippen LogP contribution in [-0.2, 0) is 17.9 Å².